The molecular formula is C17H22N2O2. The van der Waals surface area contributed by atoms with Gasteiger partial charge in [-0.25, -0.2) is 0 Å². The second-order valence-corrected chi connectivity index (χ2v) is 5.95. The summed E-state index contributed by atoms with van der Waals surface area (Å²) in [4.78, 5) is 11.8. The van der Waals surface area contributed by atoms with Gasteiger partial charge in [-0.2, -0.15) is 5.10 Å². The lowest BCUT2D eigenvalue weighted by Crippen LogP contribution is -2.26. The second-order valence-electron chi connectivity index (χ2n) is 5.95. The molecule has 0 aliphatic rings. The fourth-order valence-electron chi connectivity index (χ4n) is 2.24. The predicted octanol–water partition coefficient (Wildman–Crippen LogP) is 3.41. The van der Waals surface area contributed by atoms with Crippen molar-refractivity contribution in [1.82, 2.24) is 9.78 Å². The lowest BCUT2D eigenvalue weighted by Gasteiger charge is -2.22. The summed E-state index contributed by atoms with van der Waals surface area (Å²) in [6.07, 6.45) is 0.241. The van der Waals surface area contributed by atoms with Gasteiger partial charge in [-0.3, -0.25) is 9.48 Å². The number of carbonyl (C=O) groups is 1. The number of rotatable bonds is 4. The Bertz CT molecular complexity index is 609. The average Bonchev–Trinajstić information content (AvgIpc) is 2.84. The smallest absolute Gasteiger partial charge is 0.311 e. The van der Waals surface area contributed by atoms with E-state index in [-0.39, 0.29) is 17.9 Å². The van der Waals surface area contributed by atoms with Gasteiger partial charge in [0.1, 0.15) is 0 Å². The van der Waals surface area contributed by atoms with Crippen LogP contribution in [0.2, 0.25) is 0 Å². The summed E-state index contributed by atoms with van der Waals surface area (Å²) in [6, 6.07) is 11.9. The Balaban J connectivity index is 2.39. The number of hydrogen-bond donors (Lipinski definition) is 0. The Hall–Kier alpha value is -2.10. The van der Waals surface area contributed by atoms with E-state index in [0.717, 1.165) is 17.0 Å². The zero-order valence-corrected chi connectivity index (χ0v) is 13.1. The number of carbonyl (C=O) groups excluding carboxylic acids is 1. The standard InChI is InChI=1S/C17H22N2O2/c1-5-21-16(20)12-14-11-15(13-9-7-6-8-10-13)18-19(14)17(2,3)4/h6-11H,5,12H2,1-4H3. The molecule has 4 nitrogen and oxygen atoms in total. The van der Waals surface area contributed by atoms with E-state index in [1.807, 2.05) is 48.0 Å². The molecule has 2 rings (SSSR count). The van der Waals surface area contributed by atoms with Crippen molar-refractivity contribution in [1.29, 1.82) is 0 Å². The number of esters is 1. The van der Waals surface area contributed by atoms with Gasteiger partial charge in [0.05, 0.1) is 30.0 Å². The summed E-state index contributed by atoms with van der Waals surface area (Å²) in [6.45, 7) is 8.43. The number of benzene rings is 1. The SMILES string of the molecule is CCOC(=O)Cc1cc(-c2ccccc2)nn1C(C)(C)C. The van der Waals surface area contributed by atoms with Crippen LogP contribution >= 0.6 is 0 Å². The Morgan fingerprint density at radius 2 is 1.90 bits per heavy atom. The summed E-state index contributed by atoms with van der Waals surface area (Å²) < 4.78 is 6.96. The molecule has 4 heteroatoms. The third-order valence-corrected chi connectivity index (χ3v) is 3.12. The van der Waals surface area contributed by atoms with Crippen LogP contribution in [0.25, 0.3) is 11.3 Å². The van der Waals surface area contributed by atoms with Crippen LogP contribution in [-0.4, -0.2) is 22.4 Å². The molecule has 2 aromatic rings. The molecule has 0 fully saturated rings. The van der Waals surface area contributed by atoms with E-state index in [1.165, 1.54) is 0 Å². The van der Waals surface area contributed by atoms with Gasteiger partial charge in [0.2, 0.25) is 0 Å². The van der Waals surface area contributed by atoms with Crippen molar-refractivity contribution < 1.29 is 9.53 Å². The van der Waals surface area contributed by atoms with Gasteiger partial charge in [0.15, 0.2) is 0 Å². The monoisotopic (exact) mass is 286 g/mol. The lowest BCUT2D eigenvalue weighted by molar-refractivity contribution is -0.142. The van der Waals surface area contributed by atoms with E-state index in [4.69, 9.17) is 4.74 Å². The van der Waals surface area contributed by atoms with E-state index in [9.17, 15) is 4.79 Å². The maximum absolute atomic E-state index is 11.8. The highest BCUT2D eigenvalue weighted by Gasteiger charge is 2.21. The molecule has 112 valence electrons. The molecule has 0 unspecified atom stereocenters. The Labute approximate surface area is 125 Å². The van der Waals surface area contributed by atoms with E-state index in [1.54, 1.807) is 0 Å². The zero-order valence-electron chi connectivity index (χ0n) is 13.1. The minimum absolute atomic E-state index is 0.186. The van der Waals surface area contributed by atoms with Crippen LogP contribution in [0.3, 0.4) is 0 Å². The van der Waals surface area contributed by atoms with Crippen molar-refractivity contribution >= 4 is 5.97 Å². The number of ether oxygens (including phenoxy) is 1. The van der Waals surface area contributed by atoms with Crippen LogP contribution in [0, 0.1) is 0 Å². The first-order chi connectivity index (χ1) is 9.91. The maximum atomic E-state index is 11.8. The highest BCUT2D eigenvalue weighted by Crippen LogP contribution is 2.24. The Morgan fingerprint density at radius 3 is 2.48 bits per heavy atom. The lowest BCUT2D eigenvalue weighted by atomic mass is 10.1. The first-order valence-electron chi connectivity index (χ1n) is 7.22. The quantitative estimate of drug-likeness (QED) is 0.809. The number of hydrogen-bond acceptors (Lipinski definition) is 3. The summed E-state index contributed by atoms with van der Waals surface area (Å²) in [5, 5.41) is 4.67. The molecule has 1 heterocycles. The van der Waals surface area contributed by atoms with Gasteiger partial charge < -0.3 is 4.74 Å². The first-order valence-corrected chi connectivity index (χ1v) is 7.22. The fraction of sp³-hybridized carbons (Fsp3) is 0.412. The van der Waals surface area contributed by atoms with Gasteiger partial charge in [-0.1, -0.05) is 30.3 Å². The molecule has 0 bridgehead atoms. The number of nitrogens with zero attached hydrogens (tertiary/aromatic N) is 2. The predicted molar refractivity (Wildman–Crippen MR) is 83.0 cm³/mol. The van der Waals surface area contributed by atoms with E-state index in [2.05, 4.69) is 25.9 Å². The Kier molecular flexibility index (Phi) is 4.46. The van der Waals surface area contributed by atoms with Crippen LogP contribution in [0.5, 0.6) is 0 Å². The first kappa shape index (κ1) is 15.3. The molecule has 0 aliphatic heterocycles. The highest BCUT2D eigenvalue weighted by atomic mass is 16.5. The van der Waals surface area contributed by atoms with Gasteiger partial charge in [-0.05, 0) is 33.8 Å². The number of aromatic nitrogens is 2. The van der Waals surface area contributed by atoms with Crippen LogP contribution in [0.15, 0.2) is 36.4 Å². The molecule has 0 spiro atoms. The van der Waals surface area contributed by atoms with E-state index < -0.39 is 0 Å². The van der Waals surface area contributed by atoms with Gasteiger partial charge >= 0.3 is 5.97 Å². The van der Waals surface area contributed by atoms with Crippen molar-refractivity contribution in [2.75, 3.05) is 6.61 Å². The molecule has 0 N–H and O–H groups in total. The molecule has 0 atom stereocenters. The van der Waals surface area contributed by atoms with Crippen LogP contribution in [0.4, 0.5) is 0 Å². The van der Waals surface area contributed by atoms with Crippen LogP contribution < -0.4 is 0 Å². The summed E-state index contributed by atoms with van der Waals surface area (Å²) >= 11 is 0. The fourth-order valence-corrected chi connectivity index (χ4v) is 2.24. The molecule has 21 heavy (non-hydrogen) atoms. The summed E-state index contributed by atoms with van der Waals surface area (Å²) in [7, 11) is 0. The minimum Gasteiger partial charge on any atom is -0.466 e. The molecule has 1 aromatic heterocycles. The zero-order chi connectivity index (χ0) is 15.5. The third-order valence-electron chi connectivity index (χ3n) is 3.12. The molecule has 0 saturated carbocycles. The molecule has 1 aromatic carbocycles. The van der Waals surface area contributed by atoms with Gasteiger partial charge in [-0.15, -0.1) is 0 Å². The van der Waals surface area contributed by atoms with E-state index in [0.29, 0.717) is 6.61 Å². The summed E-state index contributed by atoms with van der Waals surface area (Å²) in [5.74, 6) is -0.220. The normalized spacial score (nSPS) is 11.4. The maximum Gasteiger partial charge on any atom is 0.311 e. The van der Waals surface area contributed by atoms with Crippen molar-refractivity contribution in [2.45, 2.75) is 39.7 Å². The molecule has 0 radical (unpaired) electrons. The molecule has 0 amide bonds. The van der Waals surface area contributed by atoms with Crippen molar-refractivity contribution in [2.24, 2.45) is 0 Å². The Morgan fingerprint density at radius 1 is 1.24 bits per heavy atom. The van der Waals surface area contributed by atoms with Crippen molar-refractivity contribution in [3.8, 4) is 11.3 Å². The average molecular weight is 286 g/mol. The second kappa shape index (κ2) is 6.12. The van der Waals surface area contributed by atoms with Crippen LogP contribution in [0.1, 0.15) is 33.4 Å². The van der Waals surface area contributed by atoms with Crippen LogP contribution in [-0.2, 0) is 21.5 Å². The largest absolute Gasteiger partial charge is 0.466 e. The van der Waals surface area contributed by atoms with Crippen molar-refractivity contribution in [3.63, 3.8) is 0 Å². The van der Waals surface area contributed by atoms with Gasteiger partial charge in [0, 0.05) is 5.56 Å². The summed E-state index contributed by atoms with van der Waals surface area (Å²) in [5.41, 5.74) is 2.62. The van der Waals surface area contributed by atoms with Gasteiger partial charge in [0.25, 0.3) is 0 Å². The molecule has 0 aliphatic carbocycles. The molecular weight excluding hydrogens is 264 g/mol. The third kappa shape index (κ3) is 3.72. The van der Waals surface area contributed by atoms with Crippen molar-refractivity contribution in [3.05, 3.63) is 42.1 Å². The molecule has 0 saturated heterocycles. The minimum atomic E-state index is -0.220. The topological polar surface area (TPSA) is 44.1 Å². The highest BCUT2D eigenvalue weighted by molar-refractivity contribution is 5.73. The van der Waals surface area contributed by atoms with E-state index >= 15 is 0 Å².